The van der Waals surface area contributed by atoms with E-state index in [0.717, 1.165) is 27.9 Å². The largest absolute Gasteiger partial charge is 0.478 e. The summed E-state index contributed by atoms with van der Waals surface area (Å²) in [5.74, 6) is -1.08. The van der Waals surface area contributed by atoms with Crippen LogP contribution in [0, 0.1) is 18.3 Å². The van der Waals surface area contributed by atoms with Crippen molar-refractivity contribution in [2.24, 2.45) is 0 Å². The molecule has 0 aliphatic rings. The van der Waals surface area contributed by atoms with Gasteiger partial charge in [0.05, 0.1) is 27.5 Å². The maximum absolute atomic E-state index is 12.6. The lowest BCUT2D eigenvalue weighted by Crippen LogP contribution is -2.13. The molecule has 1 aromatic heterocycles. The van der Waals surface area contributed by atoms with Gasteiger partial charge in [-0.1, -0.05) is 71.8 Å². The van der Waals surface area contributed by atoms with E-state index in [1.54, 1.807) is 0 Å². The average molecular weight is 528 g/mol. The van der Waals surface area contributed by atoms with Gasteiger partial charge in [-0.15, -0.1) is 11.8 Å². The number of carboxylic acids is 1. The van der Waals surface area contributed by atoms with Gasteiger partial charge in [-0.05, 0) is 36.8 Å². The second-order valence-corrected chi connectivity index (χ2v) is 9.72. The fraction of sp³-hybridized carbons (Fsp3) is 0.103. The lowest BCUT2D eigenvalue weighted by Gasteiger charge is -2.13. The Hall–Kier alpha value is -4.12. The number of pyridine rings is 1. The van der Waals surface area contributed by atoms with Crippen LogP contribution in [0.2, 0.25) is 5.02 Å². The Labute approximate surface area is 223 Å². The second kappa shape index (κ2) is 11.7. The van der Waals surface area contributed by atoms with Crippen molar-refractivity contribution in [3.8, 4) is 28.5 Å². The normalized spacial score (nSPS) is 10.5. The number of carboxylic acid groups (broad SMARTS) is 1. The first-order chi connectivity index (χ1) is 17.9. The van der Waals surface area contributed by atoms with E-state index in [0.29, 0.717) is 16.3 Å². The number of rotatable bonds is 8. The van der Waals surface area contributed by atoms with Gasteiger partial charge in [0.15, 0.2) is 0 Å². The van der Waals surface area contributed by atoms with Gasteiger partial charge >= 0.3 is 5.97 Å². The van der Waals surface area contributed by atoms with Crippen LogP contribution in [0.1, 0.15) is 27.9 Å². The highest BCUT2D eigenvalue weighted by Crippen LogP contribution is 2.34. The Balaban J connectivity index is 1.58. The van der Waals surface area contributed by atoms with Gasteiger partial charge in [0.1, 0.15) is 11.1 Å². The number of hydrogen-bond donors (Lipinski definition) is 2. The minimum Gasteiger partial charge on any atom is -0.478 e. The third kappa shape index (κ3) is 6.36. The molecule has 0 atom stereocenters. The van der Waals surface area contributed by atoms with E-state index in [-0.39, 0.29) is 28.6 Å². The first-order valence-electron chi connectivity index (χ1n) is 11.4. The standard InChI is InChI=1S/C29H22ClN3O3S/c1-18-7-9-19(10-8-18)22-16-25(20-5-3-2-4-6-20)33-28(23(22)17-31)37-14-13-27(34)32-26-15-21(29(35)36)11-12-24(26)30/h2-12,15-16H,13-14H2,1H3,(H,32,34)(H,35,36). The summed E-state index contributed by atoms with van der Waals surface area (Å²) in [7, 11) is 0. The molecule has 4 rings (SSSR count). The highest BCUT2D eigenvalue weighted by Gasteiger charge is 2.17. The van der Waals surface area contributed by atoms with Crippen molar-refractivity contribution in [2.75, 3.05) is 11.1 Å². The smallest absolute Gasteiger partial charge is 0.335 e. The fourth-order valence-electron chi connectivity index (χ4n) is 3.66. The van der Waals surface area contributed by atoms with E-state index >= 15 is 0 Å². The number of benzene rings is 3. The molecule has 4 aromatic rings. The number of thioether (sulfide) groups is 1. The first-order valence-corrected chi connectivity index (χ1v) is 12.7. The molecule has 0 spiro atoms. The number of nitrogens with one attached hydrogen (secondary N) is 1. The predicted molar refractivity (Wildman–Crippen MR) is 147 cm³/mol. The molecular weight excluding hydrogens is 506 g/mol. The van der Waals surface area contributed by atoms with Crippen LogP contribution >= 0.6 is 23.4 Å². The molecule has 0 aliphatic heterocycles. The fourth-order valence-corrected chi connectivity index (χ4v) is 4.77. The van der Waals surface area contributed by atoms with Crippen molar-refractivity contribution < 1.29 is 14.7 Å². The van der Waals surface area contributed by atoms with Gasteiger partial charge in [-0.3, -0.25) is 4.79 Å². The molecule has 3 aromatic carbocycles. The molecule has 0 saturated heterocycles. The van der Waals surface area contributed by atoms with Crippen molar-refractivity contribution in [2.45, 2.75) is 18.4 Å². The Morgan fingerprint density at radius 2 is 1.76 bits per heavy atom. The molecule has 184 valence electrons. The van der Waals surface area contributed by atoms with Crippen molar-refractivity contribution in [1.82, 2.24) is 4.98 Å². The summed E-state index contributed by atoms with van der Waals surface area (Å²) in [6, 6.07) is 26.0. The molecular formula is C29H22ClN3O3S. The zero-order chi connectivity index (χ0) is 26.4. The predicted octanol–water partition coefficient (Wildman–Crippen LogP) is 7.07. The minimum atomic E-state index is -1.11. The molecule has 0 radical (unpaired) electrons. The van der Waals surface area contributed by atoms with Gasteiger partial charge in [0.2, 0.25) is 5.91 Å². The van der Waals surface area contributed by atoms with Crippen molar-refractivity contribution in [3.63, 3.8) is 0 Å². The quantitative estimate of drug-likeness (QED) is 0.237. The average Bonchev–Trinajstić information content (AvgIpc) is 2.90. The topological polar surface area (TPSA) is 103 Å². The van der Waals surface area contributed by atoms with E-state index in [1.165, 1.54) is 30.0 Å². The number of aromatic carboxylic acids is 1. The maximum Gasteiger partial charge on any atom is 0.335 e. The minimum absolute atomic E-state index is 0.0262. The van der Waals surface area contributed by atoms with Crippen LogP contribution in [-0.4, -0.2) is 27.7 Å². The number of carbonyl (C=O) groups excluding carboxylic acids is 1. The maximum atomic E-state index is 12.6. The number of nitrogens with zero attached hydrogens (tertiary/aromatic N) is 2. The molecule has 0 fully saturated rings. The van der Waals surface area contributed by atoms with Crippen LogP contribution in [0.25, 0.3) is 22.4 Å². The van der Waals surface area contributed by atoms with E-state index in [4.69, 9.17) is 16.6 Å². The third-order valence-corrected chi connectivity index (χ3v) is 6.89. The lowest BCUT2D eigenvalue weighted by molar-refractivity contribution is -0.115. The van der Waals surface area contributed by atoms with Crippen LogP contribution in [0.3, 0.4) is 0 Å². The molecule has 0 aliphatic carbocycles. The van der Waals surface area contributed by atoms with E-state index < -0.39 is 5.97 Å². The Kier molecular flexibility index (Phi) is 8.24. The summed E-state index contributed by atoms with van der Waals surface area (Å²) < 4.78 is 0. The van der Waals surface area contributed by atoms with E-state index in [1.807, 2.05) is 67.6 Å². The SMILES string of the molecule is Cc1ccc(-c2cc(-c3ccccc3)nc(SCCC(=O)Nc3cc(C(=O)O)ccc3Cl)c2C#N)cc1. The van der Waals surface area contributed by atoms with Gasteiger partial charge in [0, 0.05) is 23.3 Å². The highest BCUT2D eigenvalue weighted by atomic mass is 35.5. The number of aromatic nitrogens is 1. The number of halogens is 1. The molecule has 1 heterocycles. The number of carbonyl (C=O) groups is 2. The van der Waals surface area contributed by atoms with Crippen molar-refractivity contribution in [3.05, 3.63) is 101 Å². The summed E-state index contributed by atoms with van der Waals surface area (Å²) in [5, 5.41) is 22.7. The van der Waals surface area contributed by atoms with Gasteiger partial charge in [0.25, 0.3) is 0 Å². The monoisotopic (exact) mass is 527 g/mol. The molecule has 0 saturated carbocycles. The van der Waals surface area contributed by atoms with Crippen molar-refractivity contribution >= 4 is 40.9 Å². The van der Waals surface area contributed by atoms with Gasteiger partial charge in [-0.25, -0.2) is 9.78 Å². The Morgan fingerprint density at radius 1 is 1.03 bits per heavy atom. The molecule has 0 unspecified atom stereocenters. The molecule has 2 N–H and O–H groups in total. The molecule has 0 bridgehead atoms. The number of nitriles is 1. The van der Waals surface area contributed by atoms with Crippen LogP contribution in [0.4, 0.5) is 5.69 Å². The van der Waals surface area contributed by atoms with Gasteiger partial charge in [-0.2, -0.15) is 5.26 Å². The third-order valence-electron chi connectivity index (χ3n) is 5.59. The molecule has 6 nitrogen and oxygen atoms in total. The number of anilines is 1. The second-order valence-electron chi connectivity index (χ2n) is 8.23. The van der Waals surface area contributed by atoms with Crippen LogP contribution in [0.5, 0.6) is 0 Å². The van der Waals surface area contributed by atoms with Crippen molar-refractivity contribution in [1.29, 1.82) is 5.26 Å². The molecule has 8 heteroatoms. The highest BCUT2D eigenvalue weighted by molar-refractivity contribution is 7.99. The number of aryl methyl sites for hydroxylation is 1. The van der Waals surface area contributed by atoms with Crippen LogP contribution < -0.4 is 5.32 Å². The lowest BCUT2D eigenvalue weighted by atomic mass is 9.98. The molecule has 1 amide bonds. The zero-order valence-electron chi connectivity index (χ0n) is 19.9. The van der Waals surface area contributed by atoms with Gasteiger partial charge < -0.3 is 10.4 Å². The van der Waals surface area contributed by atoms with Crippen LogP contribution in [-0.2, 0) is 4.79 Å². The number of hydrogen-bond acceptors (Lipinski definition) is 5. The summed E-state index contributed by atoms with van der Waals surface area (Å²) in [5.41, 5.74) is 5.18. The summed E-state index contributed by atoms with van der Waals surface area (Å²) >= 11 is 7.44. The van der Waals surface area contributed by atoms with Crippen LogP contribution in [0.15, 0.2) is 83.9 Å². The Bertz CT molecular complexity index is 1500. The summed E-state index contributed by atoms with van der Waals surface area (Å²) in [6.45, 7) is 2.01. The van der Waals surface area contributed by atoms with E-state index in [9.17, 15) is 20.0 Å². The molecule has 37 heavy (non-hydrogen) atoms. The Morgan fingerprint density at radius 3 is 2.43 bits per heavy atom. The first kappa shape index (κ1) is 26.0. The van der Waals surface area contributed by atoms with E-state index in [2.05, 4.69) is 11.4 Å². The summed E-state index contributed by atoms with van der Waals surface area (Å²) in [4.78, 5) is 28.6. The number of amides is 1. The zero-order valence-corrected chi connectivity index (χ0v) is 21.4. The summed E-state index contributed by atoms with van der Waals surface area (Å²) in [6.07, 6.45) is 0.111.